The molecule has 0 aliphatic carbocycles. The molecule has 2 aliphatic rings. The third-order valence-corrected chi connectivity index (χ3v) is 7.33. The molecule has 0 N–H and O–H groups in total. The predicted molar refractivity (Wildman–Crippen MR) is 110 cm³/mol. The van der Waals surface area contributed by atoms with Crippen molar-refractivity contribution in [2.75, 3.05) is 31.1 Å². The Morgan fingerprint density at radius 2 is 1.63 bits per heavy atom. The Morgan fingerprint density at radius 3 is 2.11 bits per heavy atom. The van der Waals surface area contributed by atoms with Crippen molar-refractivity contribution < 1.29 is 13.2 Å². The second-order valence-corrected chi connectivity index (χ2v) is 10.6. The van der Waals surface area contributed by atoms with E-state index in [0.29, 0.717) is 5.56 Å². The molecule has 2 aliphatic heterocycles. The molecule has 0 radical (unpaired) electrons. The smallest absolute Gasteiger partial charge is 0.267 e. The van der Waals surface area contributed by atoms with E-state index in [1.165, 1.54) is 0 Å². The number of anilines is 1. The van der Waals surface area contributed by atoms with Crippen LogP contribution in [0.3, 0.4) is 0 Å². The van der Waals surface area contributed by atoms with Gasteiger partial charge in [-0.3, -0.25) is 4.90 Å². The Hall–Kier alpha value is -1.60. The van der Waals surface area contributed by atoms with E-state index in [1.807, 2.05) is 24.3 Å². The maximum Gasteiger partial charge on any atom is 0.267 e. The molecule has 0 saturated carbocycles. The minimum Gasteiger partial charge on any atom is -0.473 e. The van der Waals surface area contributed by atoms with Gasteiger partial charge in [0.2, 0.25) is 0 Å². The van der Waals surface area contributed by atoms with Gasteiger partial charge in [-0.2, -0.15) is 0 Å². The van der Waals surface area contributed by atoms with Crippen LogP contribution in [0.1, 0.15) is 52.4 Å². The predicted octanol–water partition coefficient (Wildman–Crippen LogP) is 3.21. The third-order valence-electron chi connectivity index (χ3n) is 5.39. The average molecular weight is 394 g/mol. The lowest BCUT2D eigenvalue weighted by Gasteiger charge is -2.43. The van der Waals surface area contributed by atoms with Gasteiger partial charge < -0.3 is 9.64 Å². The Morgan fingerprint density at radius 1 is 1.07 bits per heavy atom. The SMILES string of the molecule is CC1=NS(=O)(=O)C(c2ccc(N3CCN(C(C)(C)C)CC3)cc2)C(C)(C)O1. The second kappa shape index (κ2) is 6.78. The molecule has 1 aromatic carbocycles. The lowest BCUT2D eigenvalue weighted by atomic mass is 9.97. The van der Waals surface area contributed by atoms with Crippen molar-refractivity contribution in [1.82, 2.24) is 4.90 Å². The third kappa shape index (κ3) is 4.14. The number of ether oxygens (including phenoxy) is 1. The van der Waals surface area contributed by atoms with E-state index in [1.54, 1.807) is 20.8 Å². The average Bonchev–Trinajstić information content (AvgIpc) is 2.52. The molecule has 6 nitrogen and oxygen atoms in total. The summed E-state index contributed by atoms with van der Waals surface area (Å²) in [7, 11) is -3.65. The van der Waals surface area contributed by atoms with Crippen molar-refractivity contribution in [3.05, 3.63) is 29.8 Å². The Labute approximate surface area is 163 Å². The zero-order valence-corrected chi connectivity index (χ0v) is 18.0. The summed E-state index contributed by atoms with van der Waals surface area (Å²) in [5, 5.41) is -0.805. The summed E-state index contributed by atoms with van der Waals surface area (Å²) in [6.45, 7) is 15.9. The molecule has 1 aromatic rings. The fourth-order valence-corrected chi connectivity index (χ4v) is 5.88. The van der Waals surface area contributed by atoms with E-state index in [0.717, 1.165) is 31.9 Å². The van der Waals surface area contributed by atoms with Crippen LogP contribution in [0.15, 0.2) is 28.7 Å². The van der Waals surface area contributed by atoms with Gasteiger partial charge in [0.15, 0.2) is 5.90 Å². The molecule has 150 valence electrons. The van der Waals surface area contributed by atoms with Gasteiger partial charge in [-0.1, -0.05) is 12.1 Å². The van der Waals surface area contributed by atoms with Crippen molar-refractivity contribution in [3.63, 3.8) is 0 Å². The summed E-state index contributed by atoms with van der Waals surface area (Å²) >= 11 is 0. The lowest BCUT2D eigenvalue weighted by molar-refractivity contribution is 0.0839. The van der Waals surface area contributed by atoms with E-state index >= 15 is 0 Å². The van der Waals surface area contributed by atoms with Crippen LogP contribution < -0.4 is 4.90 Å². The van der Waals surface area contributed by atoms with Crippen molar-refractivity contribution in [1.29, 1.82) is 0 Å². The van der Waals surface area contributed by atoms with Crippen LogP contribution in [0.5, 0.6) is 0 Å². The molecule has 1 fully saturated rings. The number of nitrogens with zero attached hydrogens (tertiary/aromatic N) is 3. The summed E-state index contributed by atoms with van der Waals surface area (Å²) in [6.07, 6.45) is 0. The van der Waals surface area contributed by atoms with Crippen LogP contribution in [0.2, 0.25) is 0 Å². The van der Waals surface area contributed by atoms with Gasteiger partial charge >= 0.3 is 0 Å². The first-order valence-corrected chi connectivity index (χ1v) is 11.0. The highest BCUT2D eigenvalue weighted by molar-refractivity contribution is 7.90. The minimum absolute atomic E-state index is 0.190. The molecule has 0 spiro atoms. The molecular formula is C20H31N3O3S. The van der Waals surface area contributed by atoms with Gasteiger partial charge in [0.25, 0.3) is 10.0 Å². The van der Waals surface area contributed by atoms with Crippen molar-refractivity contribution in [2.45, 2.75) is 57.9 Å². The Kier molecular flexibility index (Phi) is 5.06. The fraction of sp³-hybridized carbons (Fsp3) is 0.650. The largest absolute Gasteiger partial charge is 0.473 e. The minimum atomic E-state index is -3.65. The normalized spacial score (nSPS) is 25.6. The molecular weight excluding hydrogens is 362 g/mol. The second-order valence-electron chi connectivity index (χ2n) is 8.95. The van der Waals surface area contributed by atoms with Crippen LogP contribution in [0, 0.1) is 0 Å². The summed E-state index contributed by atoms with van der Waals surface area (Å²) in [5.74, 6) is 0.199. The summed E-state index contributed by atoms with van der Waals surface area (Å²) in [4.78, 5) is 4.85. The van der Waals surface area contributed by atoms with E-state index in [2.05, 4.69) is 35.0 Å². The van der Waals surface area contributed by atoms with Gasteiger partial charge in [0, 0.05) is 44.3 Å². The Bertz CT molecular complexity index is 815. The quantitative estimate of drug-likeness (QED) is 0.772. The molecule has 0 amide bonds. The zero-order chi connectivity index (χ0) is 20.0. The highest BCUT2D eigenvalue weighted by atomic mass is 32.2. The first-order chi connectivity index (χ1) is 12.4. The van der Waals surface area contributed by atoms with Crippen molar-refractivity contribution in [3.8, 4) is 0 Å². The van der Waals surface area contributed by atoms with E-state index in [-0.39, 0.29) is 11.4 Å². The molecule has 7 heteroatoms. The molecule has 1 saturated heterocycles. The van der Waals surface area contributed by atoms with Gasteiger partial charge in [-0.05, 0) is 52.3 Å². The standard InChI is InChI=1S/C20H31N3O3S/c1-15-21-27(24,25)18(20(5,6)26-15)16-7-9-17(10-8-16)22-11-13-23(14-12-22)19(2,3)4/h7-10,18H,11-14H2,1-6H3. The first kappa shape index (κ1) is 20.1. The monoisotopic (exact) mass is 393 g/mol. The fourth-order valence-electron chi connectivity index (χ4n) is 4.11. The molecule has 0 bridgehead atoms. The maximum atomic E-state index is 12.6. The number of hydrogen-bond acceptors (Lipinski definition) is 5. The van der Waals surface area contributed by atoms with Gasteiger partial charge in [0.1, 0.15) is 10.9 Å². The summed E-state index contributed by atoms with van der Waals surface area (Å²) in [5.41, 5.74) is 1.17. The van der Waals surface area contributed by atoms with Crippen LogP contribution >= 0.6 is 0 Å². The zero-order valence-electron chi connectivity index (χ0n) is 17.2. The van der Waals surface area contributed by atoms with Crippen molar-refractivity contribution >= 4 is 21.6 Å². The lowest BCUT2D eigenvalue weighted by Crippen LogP contribution is -2.53. The number of piperazine rings is 1. The van der Waals surface area contributed by atoms with E-state index in [9.17, 15) is 8.42 Å². The van der Waals surface area contributed by atoms with Crippen LogP contribution in [0.25, 0.3) is 0 Å². The molecule has 3 rings (SSSR count). The van der Waals surface area contributed by atoms with Gasteiger partial charge in [-0.15, -0.1) is 4.40 Å². The van der Waals surface area contributed by atoms with Gasteiger partial charge in [0.05, 0.1) is 0 Å². The molecule has 0 aromatic heterocycles. The Balaban J connectivity index is 1.78. The summed E-state index contributed by atoms with van der Waals surface area (Å²) in [6, 6.07) is 7.82. The molecule has 1 atom stereocenters. The topological polar surface area (TPSA) is 62.2 Å². The number of sulfonamides is 1. The van der Waals surface area contributed by atoms with Gasteiger partial charge in [-0.25, -0.2) is 8.42 Å². The first-order valence-electron chi connectivity index (χ1n) is 9.49. The number of rotatable bonds is 2. The van der Waals surface area contributed by atoms with Crippen LogP contribution in [0.4, 0.5) is 5.69 Å². The number of hydrogen-bond donors (Lipinski definition) is 0. The molecule has 2 heterocycles. The van der Waals surface area contributed by atoms with E-state index < -0.39 is 20.9 Å². The van der Waals surface area contributed by atoms with E-state index in [4.69, 9.17) is 4.74 Å². The number of benzene rings is 1. The van der Waals surface area contributed by atoms with Crippen LogP contribution in [-0.2, 0) is 14.8 Å². The molecule has 1 unspecified atom stereocenters. The highest BCUT2D eigenvalue weighted by Crippen LogP contribution is 2.40. The maximum absolute atomic E-state index is 12.6. The molecule has 27 heavy (non-hydrogen) atoms. The summed E-state index contributed by atoms with van der Waals surface area (Å²) < 4.78 is 34.8. The van der Waals surface area contributed by atoms with Crippen molar-refractivity contribution in [2.24, 2.45) is 4.40 Å². The highest BCUT2D eigenvalue weighted by Gasteiger charge is 2.46. The van der Waals surface area contributed by atoms with Crippen LogP contribution in [-0.4, -0.2) is 56.5 Å².